The van der Waals surface area contributed by atoms with E-state index in [0.29, 0.717) is 32.6 Å². The van der Waals surface area contributed by atoms with Gasteiger partial charge in [0.2, 0.25) is 5.91 Å². The van der Waals surface area contributed by atoms with Gasteiger partial charge in [0.1, 0.15) is 6.61 Å². The molecule has 1 atom stereocenters. The zero-order valence-corrected chi connectivity index (χ0v) is 14.8. The lowest BCUT2D eigenvalue weighted by Gasteiger charge is -2.11. The zero-order valence-electron chi connectivity index (χ0n) is 14.8. The van der Waals surface area contributed by atoms with Gasteiger partial charge in [0.25, 0.3) is 0 Å². The molecule has 0 spiro atoms. The first-order valence-electron chi connectivity index (χ1n) is 8.67. The first-order valence-corrected chi connectivity index (χ1v) is 8.67. The number of carboxylic acids is 1. The average Bonchev–Trinajstić information content (AvgIpc) is 2.56. The van der Waals surface area contributed by atoms with E-state index in [1.807, 2.05) is 0 Å². The van der Waals surface area contributed by atoms with E-state index in [-0.39, 0.29) is 31.3 Å². The van der Waals surface area contributed by atoms with Gasteiger partial charge in [-0.05, 0) is 6.42 Å². The monoisotopic (exact) mass is 345 g/mol. The third-order valence-electron chi connectivity index (χ3n) is 3.50. The van der Waals surface area contributed by atoms with Crippen LogP contribution in [0, 0.1) is 5.92 Å². The molecular formula is C17H31NO6. The Hall–Kier alpha value is -1.47. The summed E-state index contributed by atoms with van der Waals surface area (Å²) in [6, 6.07) is 0. The molecule has 7 heteroatoms. The maximum atomic E-state index is 11.8. The number of carbonyl (C=O) groups excluding carboxylic acids is 2. The van der Waals surface area contributed by atoms with Crippen molar-refractivity contribution < 1.29 is 29.0 Å². The first kappa shape index (κ1) is 22.5. The summed E-state index contributed by atoms with van der Waals surface area (Å²) in [4.78, 5) is 33.9. The molecule has 0 aliphatic carbocycles. The number of aliphatic carboxylic acids is 1. The lowest BCUT2D eigenvalue weighted by molar-refractivity contribution is -0.144. The van der Waals surface area contributed by atoms with E-state index in [9.17, 15) is 14.4 Å². The molecule has 0 aliphatic heterocycles. The minimum atomic E-state index is -0.920. The summed E-state index contributed by atoms with van der Waals surface area (Å²) in [6.45, 7) is 5.17. The van der Waals surface area contributed by atoms with E-state index in [1.165, 1.54) is 0 Å². The number of Topliss-reactive ketones (excluding diaryl/α,β-unsaturated/α-hetero) is 1. The second-order valence-electron chi connectivity index (χ2n) is 5.64. The van der Waals surface area contributed by atoms with Gasteiger partial charge >= 0.3 is 5.97 Å². The van der Waals surface area contributed by atoms with Crippen LogP contribution in [0.2, 0.25) is 0 Å². The van der Waals surface area contributed by atoms with Gasteiger partial charge in [-0.3, -0.25) is 14.4 Å². The Morgan fingerprint density at radius 2 is 1.75 bits per heavy atom. The number of hydrogen-bond donors (Lipinski definition) is 2. The Labute approximate surface area is 144 Å². The molecule has 0 saturated carbocycles. The molecule has 24 heavy (non-hydrogen) atoms. The van der Waals surface area contributed by atoms with Crippen molar-refractivity contribution in [2.45, 2.75) is 52.4 Å². The summed E-state index contributed by atoms with van der Waals surface area (Å²) >= 11 is 0. The number of hydrogen-bond acceptors (Lipinski definition) is 5. The van der Waals surface area contributed by atoms with Crippen LogP contribution in [-0.2, 0) is 23.9 Å². The van der Waals surface area contributed by atoms with Crippen molar-refractivity contribution >= 4 is 17.7 Å². The summed E-state index contributed by atoms with van der Waals surface area (Å²) in [5.41, 5.74) is 0. The Kier molecular flexibility index (Phi) is 14.2. The lowest BCUT2D eigenvalue weighted by atomic mass is 9.96. The minimum Gasteiger partial charge on any atom is -0.481 e. The Bertz CT molecular complexity index is 372. The first-order chi connectivity index (χ1) is 11.5. The molecule has 0 aromatic rings. The second-order valence-corrected chi connectivity index (χ2v) is 5.64. The van der Waals surface area contributed by atoms with Crippen LogP contribution in [0.3, 0.4) is 0 Å². The van der Waals surface area contributed by atoms with Crippen molar-refractivity contribution in [3.63, 3.8) is 0 Å². The number of carbonyl (C=O) groups is 3. The number of ether oxygens (including phenoxy) is 2. The van der Waals surface area contributed by atoms with Crippen LogP contribution in [0.5, 0.6) is 0 Å². The highest BCUT2D eigenvalue weighted by molar-refractivity contribution is 5.84. The summed E-state index contributed by atoms with van der Waals surface area (Å²) in [7, 11) is 0. The summed E-state index contributed by atoms with van der Waals surface area (Å²) < 4.78 is 10.4. The lowest BCUT2D eigenvalue weighted by Crippen LogP contribution is -2.26. The second kappa shape index (κ2) is 15.1. The van der Waals surface area contributed by atoms with Gasteiger partial charge in [-0.2, -0.15) is 0 Å². The largest absolute Gasteiger partial charge is 0.481 e. The SMILES string of the molecule is CCCCCC(CC(=O)COCCOCCNC(=O)CC)C(=O)O. The maximum absolute atomic E-state index is 11.8. The fourth-order valence-corrected chi connectivity index (χ4v) is 2.08. The molecule has 0 saturated heterocycles. The average molecular weight is 345 g/mol. The van der Waals surface area contributed by atoms with Gasteiger partial charge in [-0.1, -0.05) is 33.1 Å². The van der Waals surface area contributed by atoms with E-state index in [1.54, 1.807) is 6.92 Å². The summed E-state index contributed by atoms with van der Waals surface area (Å²) in [5.74, 6) is -1.76. The van der Waals surface area contributed by atoms with Gasteiger partial charge < -0.3 is 19.9 Å². The molecule has 0 aromatic heterocycles. The molecule has 2 N–H and O–H groups in total. The number of ketones is 1. The molecule has 0 bridgehead atoms. The van der Waals surface area contributed by atoms with Crippen LogP contribution in [-0.4, -0.2) is 55.7 Å². The maximum Gasteiger partial charge on any atom is 0.306 e. The summed E-state index contributed by atoms with van der Waals surface area (Å²) in [5, 5.41) is 11.8. The predicted molar refractivity (Wildman–Crippen MR) is 89.8 cm³/mol. The standard InChI is InChI=1S/C17H31NO6/c1-3-5-6-7-14(17(21)22)12-15(19)13-24-11-10-23-9-8-18-16(20)4-2/h14H,3-13H2,1-2H3,(H,18,20)(H,21,22). The van der Waals surface area contributed by atoms with Gasteiger partial charge in [0.05, 0.1) is 25.7 Å². The molecule has 0 fully saturated rings. The number of rotatable bonds is 16. The fourth-order valence-electron chi connectivity index (χ4n) is 2.08. The van der Waals surface area contributed by atoms with E-state index in [0.717, 1.165) is 19.3 Å². The highest BCUT2D eigenvalue weighted by atomic mass is 16.5. The Morgan fingerprint density at radius 1 is 1.04 bits per heavy atom. The van der Waals surface area contributed by atoms with E-state index < -0.39 is 11.9 Å². The molecule has 140 valence electrons. The van der Waals surface area contributed by atoms with Crippen LogP contribution in [0.1, 0.15) is 52.4 Å². The van der Waals surface area contributed by atoms with Crippen molar-refractivity contribution in [3.05, 3.63) is 0 Å². The highest BCUT2D eigenvalue weighted by Crippen LogP contribution is 2.14. The van der Waals surface area contributed by atoms with Crippen molar-refractivity contribution in [1.29, 1.82) is 0 Å². The number of nitrogens with one attached hydrogen (secondary N) is 1. The fraction of sp³-hybridized carbons (Fsp3) is 0.824. The van der Waals surface area contributed by atoms with Crippen molar-refractivity contribution in [2.75, 3.05) is 33.0 Å². The molecule has 0 heterocycles. The van der Waals surface area contributed by atoms with Gasteiger partial charge in [0.15, 0.2) is 5.78 Å². The quantitative estimate of drug-likeness (QED) is 0.414. The van der Waals surface area contributed by atoms with Crippen LogP contribution in [0.15, 0.2) is 0 Å². The third kappa shape index (κ3) is 13.0. The molecule has 0 radical (unpaired) electrons. The summed E-state index contributed by atoms with van der Waals surface area (Å²) in [6.07, 6.45) is 3.81. The topological polar surface area (TPSA) is 102 Å². The number of amides is 1. The smallest absolute Gasteiger partial charge is 0.306 e. The van der Waals surface area contributed by atoms with Crippen LogP contribution >= 0.6 is 0 Å². The van der Waals surface area contributed by atoms with Crippen LogP contribution in [0.4, 0.5) is 0 Å². The van der Waals surface area contributed by atoms with Gasteiger partial charge in [-0.25, -0.2) is 0 Å². The Morgan fingerprint density at radius 3 is 2.38 bits per heavy atom. The van der Waals surface area contributed by atoms with Crippen LogP contribution < -0.4 is 5.32 Å². The molecule has 1 unspecified atom stereocenters. The molecule has 7 nitrogen and oxygen atoms in total. The minimum absolute atomic E-state index is 0.0168. The van der Waals surface area contributed by atoms with E-state index in [4.69, 9.17) is 14.6 Å². The number of unbranched alkanes of at least 4 members (excludes halogenated alkanes) is 2. The molecule has 0 aliphatic rings. The van der Waals surface area contributed by atoms with Crippen LogP contribution in [0.25, 0.3) is 0 Å². The van der Waals surface area contributed by atoms with Gasteiger partial charge in [0, 0.05) is 19.4 Å². The Balaban J connectivity index is 3.66. The zero-order chi connectivity index (χ0) is 18.2. The van der Waals surface area contributed by atoms with E-state index in [2.05, 4.69) is 12.2 Å². The predicted octanol–water partition coefficient (Wildman–Crippen LogP) is 1.79. The van der Waals surface area contributed by atoms with Crippen molar-refractivity contribution in [3.8, 4) is 0 Å². The third-order valence-corrected chi connectivity index (χ3v) is 3.50. The van der Waals surface area contributed by atoms with Gasteiger partial charge in [-0.15, -0.1) is 0 Å². The van der Waals surface area contributed by atoms with E-state index >= 15 is 0 Å². The molecule has 1 amide bonds. The van der Waals surface area contributed by atoms with Crippen molar-refractivity contribution in [2.24, 2.45) is 5.92 Å². The molecule has 0 aromatic carbocycles. The molecular weight excluding hydrogens is 314 g/mol. The van der Waals surface area contributed by atoms with Crippen molar-refractivity contribution in [1.82, 2.24) is 5.32 Å². The number of carboxylic acid groups (broad SMARTS) is 1. The highest BCUT2D eigenvalue weighted by Gasteiger charge is 2.20. The molecule has 0 rings (SSSR count). The normalized spacial score (nSPS) is 11.9.